The van der Waals surface area contributed by atoms with Crippen molar-refractivity contribution >= 4 is 12.4 Å². The molecule has 0 aliphatic heterocycles. The van der Waals surface area contributed by atoms with Crippen molar-refractivity contribution in [2.75, 3.05) is 0 Å². The zero-order chi connectivity index (χ0) is 15.3. The molecule has 0 spiro atoms. The van der Waals surface area contributed by atoms with Crippen molar-refractivity contribution in [3.05, 3.63) is 18.0 Å². The van der Waals surface area contributed by atoms with Crippen LogP contribution >= 0.6 is 0 Å². The van der Waals surface area contributed by atoms with E-state index >= 15 is 0 Å². The number of amides is 1. The van der Waals surface area contributed by atoms with Gasteiger partial charge in [-0.25, -0.2) is 4.79 Å². The molecule has 0 bridgehead atoms. The third-order valence-electron chi connectivity index (χ3n) is 2.58. The van der Waals surface area contributed by atoms with Crippen LogP contribution in [-0.2, 0) is 9.53 Å². The van der Waals surface area contributed by atoms with Gasteiger partial charge in [0.2, 0.25) is 0 Å². The highest BCUT2D eigenvalue weighted by Gasteiger charge is 2.21. The summed E-state index contributed by atoms with van der Waals surface area (Å²) in [4.78, 5) is 22.6. The summed E-state index contributed by atoms with van der Waals surface area (Å²) in [7, 11) is 0. The van der Waals surface area contributed by atoms with Crippen molar-refractivity contribution in [1.29, 1.82) is 0 Å². The fourth-order valence-electron chi connectivity index (χ4n) is 1.64. The molecule has 0 fully saturated rings. The molecule has 1 aromatic rings. The smallest absolute Gasteiger partial charge is 0.408 e. The summed E-state index contributed by atoms with van der Waals surface area (Å²) in [5.74, 6) is 0. The van der Waals surface area contributed by atoms with Gasteiger partial charge in [0.05, 0.1) is 12.2 Å². The maximum absolute atomic E-state index is 11.8. The van der Waals surface area contributed by atoms with Gasteiger partial charge in [-0.1, -0.05) is 0 Å². The maximum atomic E-state index is 11.8. The Morgan fingerprint density at radius 3 is 2.60 bits per heavy atom. The van der Waals surface area contributed by atoms with Crippen LogP contribution in [0.4, 0.5) is 4.79 Å². The molecule has 0 radical (unpaired) electrons. The summed E-state index contributed by atoms with van der Waals surface area (Å²) in [6, 6.07) is -0.197. The van der Waals surface area contributed by atoms with Gasteiger partial charge in [-0.2, -0.15) is 5.10 Å². The van der Waals surface area contributed by atoms with E-state index in [-0.39, 0.29) is 12.5 Å². The number of nitrogens with one attached hydrogen (secondary N) is 1. The number of hydrogen-bond acceptors (Lipinski definition) is 4. The van der Waals surface area contributed by atoms with Crippen LogP contribution in [0.15, 0.2) is 12.4 Å². The van der Waals surface area contributed by atoms with Crippen LogP contribution in [0, 0.1) is 0 Å². The molecule has 1 atom stereocenters. The topological polar surface area (TPSA) is 73.2 Å². The number of alkyl carbamates (subject to hydrolysis) is 1. The van der Waals surface area contributed by atoms with E-state index in [4.69, 9.17) is 4.74 Å². The summed E-state index contributed by atoms with van der Waals surface area (Å²) < 4.78 is 6.98. The van der Waals surface area contributed by atoms with Gasteiger partial charge in [-0.3, -0.25) is 4.68 Å². The lowest BCUT2D eigenvalue weighted by Gasteiger charge is -2.22. The molecule has 0 saturated carbocycles. The standard InChI is InChI=1S/C14H23N3O3/c1-10(2)17-9-11(8-15-17)12(6-7-18)16-13(19)20-14(3,4)5/h7-10,12H,6H2,1-5H3,(H,16,19)/t12-/m0/s1. The number of aldehydes is 1. The lowest BCUT2D eigenvalue weighted by Crippen LogP contribution is -2.35. The van der Waals surface area contributed by atoms with E-state index in [1.165, 1.54) is 0 Å². The Morgan fingerprint density at radius 2 is 2.15 bits per heavy atom. The lowest BCUT2D eigenvalue weighted by molar-refractivity contribution is -0.108. The van der Waals surface area contributed by atoms with Crippen LogP contribution in [0.5, 0.6) is 0 Å². The second-order valence-corrected chi connectivity index (χ2v) is 5.95. The number of nitrogens with zero attached hydrogens (tertiary/aromatic N) is 2. The zero-order valence-corrected chi connectivity index (χ0v) is 12.7. The Hall–Kier alpha value is -1.85. The minimum Gasteiger partial charge on any atom is -0.444 e. The summed E-state index contributed by atoms with van der Waals surface area (Å²) in [6.07, 6.45) is 3.90. The predicted octanol–water partition coefficient (Wildman–Crippen LogP) is 2.62. The molecule has 1 amide bonds. The Bertz CT molecular complexity index is 460. The fourth-order valence-corrected chi connectivity index (χ4v) is 1.64. The number of aromatic nitrogens is 2. The Kier molecular flexibility index (Phi) is 5.30. The molecular formula is C14H23N3O3. The first-order chi connectivity index (χ1) is 9.23. The van der Waals surface area contributed by atoms with Crippen molar-refractivity contribution in [1.82, 2.24) is 15.1 Å². The molecule has 1 heterocycles. The highest BCUT2D eigenvalue weighted by molar-refractivity contribution is 5.69. The van der Waals surface area contributed by atoms with E-state index in [0.717, 1.165) is 11.8 Å². The molecular weight excluding hydrogens is 258 g/mol. The van der Waals surface area contributed by atoms with E-state index in [2.05, 4.69) is 10.4 Å². The number of hydrogen-bond donors (Lipinski definition) is 1. The SMILES string of the molecule is CC(C)n1cc([C@H](CC=O)NC(=O)OC(C)(C)C)cn1. The van der Waals surface area contributed by atoms with Gasteiger partial charge in [-0.15, -0.1) is 0 Å². The van der Waals surface area contributed by atoms with E-state index in [1.54, 1.807) is 31.6 Å². The van der Waals surface area contributed by atoms with Crippen LogP contribution in [0.3, 0.4) is 0 Å². The maximum Gasteiger partial charge on any atom is 0.408 e. The first-order valence-corrected chi connectivity index (χ1v) is 6.70. The van der Waals surface area contributed by atoms with Gasteiger partial charge in [0, 0.05) is 24.2 Å². The van der Waals surface area contributed by atoms with E-state index in [0.29, 0.717) is 0 Å². The molecule has 20 heavy (non-hydrogen) atoms. The molecule has 0 saturated heterocycles. The molecule has 6 heteroatoms. The van der Waals surface area contributed by atoms with Crippen LogP contribution < -0.4 is 5.32 Å². The second-order valence-electron chi connectivity index (χ2n) is 5.95. The third kappa shape index (κ3) is 5.03. The van der Waals surface area contributed by atoms with Crippen molar-refractivity contribution in [2.45, 2.75) is 58.7 Å². The Morgan fingerprint density at radius 1 is 1.50 bits per heavy atom. The van der Waals surface area contributed by atoms with Gasteiger partial charge in [0.1, 0.15) is 11.9 Å². The molecule has 1 rings (SSSR count). The summed E-state index contributed by atoms with van der Waals surface area (Å²) in [5, 5.41) is 6.91. The minimum absolute atomic E-state index is 0.184. The lowest BCUT2D eigenvalue weighted by atomic mass is 10.1. The Balaban J connectivity index is 2.77. The van der Waals surface area contributed by atoms with Crippen molar-refractivity contribution in [3.63, 3.8) is 0 Å². The number of ether oxygens (including phenoxy) is 1. The Labute approximate surface area is 119 Å². The molecule has 1 aromatic heterocycles. The van der Waals surface area contributed by atoms with Crippen molar-refractivity contribution in [2.24, 2.45) is 0 Å². The first kappa shape index (κ1) is 16.2. The van der Waals surface area contributed by atoms with Crippen LogP contribution in [0.25, 0.3) is 0 Å². The fraction of sp³-hybridized carbons (Fsp3) is 0.643. The molecule has 112 valence electrons. The zero-order valence-electron chi connectivity index (χ0n) is 12.7. The summed E-state index contributed by atoms with van der Waals surface area (Å²) >= 11 is 0. The average molecular weight is 281 g/mol. The summed E-state index contributed by atoms with van der Waals surface area (Å²) in [6.45, 7) is 9.38. The quantitative estimate of drug-likeness (QED) is 0.842. The van der Waals surface area contributed by atoms with Crippen LogP contribution in [0.1, 0.15) is 58.7 Å². The first-order valence-electron chi connectivity index (χ1n) is 6.70. The molecule has 0 aromatic carbocycles. The van der Waals surface area contributed by atoms with Gasteiger partial charge < -0.3 is 14.8 Å². The second kappa shape index (κ2) is 6.54. The van der Waals surface area contributed by atoms with Crippen LogP contribution in [-0.4, -0.2) is 27.8 Å². The van der Waals surface area contributed by atoms with Crippen molar-refractivity contribution in [3.8, 4) is 0 Å². The van der Waals surface area contributed by atoms with Crippen molar-refractivity contribution < 1.29 is 14.3 Å². The van der Waals surface area contributed by atoms with Crippen LogP contribution in [0.2, 0.25) is 0 Å². The number of rotatable bonds is 5. The molecule has 0 aliphatic rings. The highest BCUT2D eigenvalue weighted by Crippen LogP contribution is 2.18. The monoisotopic (exact) mass is 281 g/mol. The van der Waals surface area contributed by atoms with Gasteiger partial charge in [-0.05, 0) is 34.6 Å². The molecule has 0 unspecified atom stereocenters. The molecule has 1 N–H and O–H groups in total. The number of carbonyl (C=O) groups excluding carboxylic acids is 2. The normalized spacial score (nSPS) is 13.1. The van der Waals surface area contributed by atoms with E-state index in [1.807, 2.05) is 20.0 Å². The third-order valence-corrected chi connectivity index (χ3v) is 2.58. The number of carbonyl (C=O) groups is 2. The molecule has 6 nitrogen and oxygen atoms in total. The van der Waals surface area contributed by atoms with Gasteiger partial charge in [0.15, 0.2) is 0 Å². The average Bonchev–Trinajstić information content (AvgIpc) is 2.74. The van der Waals surface area contributed by atoms with E-state index < -0.39 is 17.7 Å². The van der Waals surface area contributed by atoms with Gasteiger partial charge in [0.25, 0.3) is 0 Å². The van der Waals surface area contributed by atoms with Gasteiger partial charge >= 0.3 is 6.09 Å². The summed E-state index contributed by atoms with van der Waals surface area (Å²) in [5.41, 5.74) is 0.217. The molecule has 0 aliphatic carbocycles. The highest BCUT2D eigenvalue weighted by atomic mass is 16.6. The predicted molar refractivity (Wildman–Crippen MR) is 75.4 cm³/mol. The largest absolute Gasteiger partial charge is 0.444 e. The minimum atomic E-state index is -0.572. The van der Waals surface area contributed by atoms with E-state index in [9.17, 15) is 9.59 Å².